The van der Waals surface area contributed by atoms with Gasteiger partial charge < -0.3 is 0 Å². The molecule has 3 heteroatoms. The highest BCUT2D eigenvalue weighted by atomic mass is 16.2. The van der Waals surface area contributed by atoms with Crippen LogP contribution in [0.3, 0.4) is 0 Å². The normalized spacial score (nSPS) is 13.8. The van der Waals surface area contributed by atoms with E-state index in [1.807, 2.05) is 24.3 Å². The van der Waals surface area contributed by atoms with E-state index in [1.165, 1.54) is 10.5 Å². The molecule has 0 saturated carbocycles. The van der Waals surface area contributed by atoms with Gasteiger partial charge in [0.25, 0.3) is 11.8 Å². The number of imide groups is 1. The van der Waals surface area contributed by atoms with Crippen LogP contribution in [0.5, 0.6) is 0 Å². The number of carbonyl (C=O) groups is 2. The van der Waals surface area contributed by atoms with Gasteiger partial charge in [0.2, 0.25) is 0 Å². The van der Waals surface area contributed by atoms with E-state index in [9.17, 15) is 9.59 Å². The minimum Gasteiger partial charge on any atom is -0.274 e. The summed E-state index contributed by atoms with van der Waals surface area (Å²) in [7, 11) is 0. The number of aryl methyl sites for hydroxylation is 1. The van der Waals surface area contributed by atoms with E-state index in [1.54, 1.807) is 24.3 Å². The Morgan fingerprint density at radius 2 is 1.30 bits per heavy atom. The first-order chi connectivity index (χ1) is 11.3. The Balaban J connectivity index is 1.47. The Hall–Kier alpha value is -2.68. The van der Waals surface area contributed by atoms with Crippen molar-refractivity contribution in [2.75, 3.05) is 6.54 Å². The molecule has 1 heterocycles. The third kappa shape index (κ3) is 3.39. The van der Waals surface area contributed by atoms with Gasteiger partial charge in [-0.3, -0.25) is 14.5 Å². The van der Waals surface area contributed by atoms with Gasteiger partial charge in [-0.2, -0.15) is 0 Å². The largest absolute Gasteiger partial charge is 0.274 e. The Morgan fingerprint density at radius 3 is 1.96 bits per heavy atom. The first-order valence-electron chi connectivity index (χ1n) is 7.91. The number of benzene rings is 2. The standard InChI is InChI=1S/C20H19NO2/c22-19-17-13-7-8-14-18(17)20(23)21(19)15-9-2-1-4-10-16-11-5-3-6-12-16/h1-3,5-8,11-14H,4,9-10,15H2/b2-1-. The molecule has 0 aromatic heterocycles. The van der Waals surface area contributed by atoms with E-state index in [2.05, 4.69) is 18.2 Å². The fourth-order valence-corrected chi connectivity index (χ4v) is 2.78. The molecule has 0 radical (unpaired) electrons. The lowest BCUT2D eigenvalue weighted by molar-refractivity contribution is 0.0657. The number of nitrogens with zero attached hydrogens (tertiary/aromatic N) is 1. The molecular weight excluding hydrogens is 286 g/mol. The zero-order valence-corrected chi connectivity index (χ0v) is 12.9. The number of amides is 2. The SMILES string of the molecule is O=C1c2ccccc2C(=O)N1CC/C=C\CCc1ccccc1. The molecule has 0 aliphatic carbocycles. The maximum absolute atomic E-state index is 12.2. The molecule has 1 aliphatic heterocycles. The van der Waals surface area contributed by atoms with Gasteiger partial charge in [0.15, 0.2) is 0 Å². The van der Waals surface area contributed by atoms with Crippen LogP contribution in [0.2, 0.25) is 0 Å². The van der Waals surface area contributed by atoms with Crippen molar-refractivity contribution < 1.29 is 9.59 Å². The summed E-state index contributed by atoms with van der Waals surface area (Å²) in [6.45, 7) is 0.439. The molecule has 2 aromatic carbocycles. The minimum absolute atomic E-state index is 0.178. The predicted octanol–water partition coefficient (Wildman–Crippen LogP) is 3.86. The van der Waals surface area contributed by atoms with Crippen molar-refractivity contribution in [3.63, 3.8) is 0 Å². The van der Waals surface area contributed by atoms with E-state index >= 15 is 0 Å². The van der Waals surface area contributed by atoms with Crippen molar-refractivity contribution in [1.82, 2.24) is 4.90 Å². The quantitative estimate of drug-likeness (QED) is 0.600. The van der Waals surface area contributed by atoms with E-state index in [0.29, 0.717) is 24.1 Å². The van der Waals surface area contributed by atoms with Crippen LogP contribution in [-0.2, 0) is 6.42 Å². The molecule has 0 fully saturated rings. The molecule has 0 unspecified atom stereocenters. The number of allylic oxidation sites excluding steroid dienone is 1. The number of carbonyl (C=O) groups excluding carboxylic acids is 2. The van der Waals surface area contributed by atoms with E-state index in [4.69, 9.17) is 0 Å². The van der Waals surface area contributed by atoms with Crippen molar-refractivity contribution in [2.45, 2.75) is 19.3 Å². The third-order valence-corrected chi connectivity index (χ3v) is 4.01. The molecule has 0 atom stereocenters. The highest BCUT2D eigenvalue weighted by Crippen LogP contribution is 2.22. The van der Waals surface area contributed by atoms with Gasteiger partial charge in [0, 0.05) is 6.54 Å². The highest BCUT2D eigenvalue weighted by molar-refractivity contribution is 6.21. The second kappa shape index (κ2) is 7.05. The van der Waals surface area contributed by atoms with E-state index < -0.39 is 0 Å². The van der Waals surface area contributed by atoms with Gasteiger partial charge in [-0.15, -0.1) is 0 Å². The lowest BCUT2D eigenvalue weighted by Gasteiger charge is -2.11. The van der Waals surface area contributed by atoms with Crippen molar-refractivity contribution in [3.05, 3.63) is 83.4 Å². The molecular formula is C20H19NO2. The van der Waals surface area contributed by atoms with Crippen LogP contribution < -0.4 is 0 Å². The molecule has 0 N–H and O–H groups in total. The Morgan fingerprint density at radius 1 is 0.739 bits per heavy atom. The van der Waals surface area contributed by atoms with Crippen LogP contribution in [0.15, 0.2) is 66.7 Å². The lowest BCUT2D eigenvalue weighted by Crippen LogP contribution is -2.30. The predicted molar refractivity (Wildman–Crippen MR) is 90.3 cm³/mol. The average molecular weight is 305 g/mol. The summed E-state index contributed by atoms with van der Waals surface area (Å²) in [4.78, 5) is 25.7. The van der Waals surface area contributed by atoms with Crippen LogP contribution in [0, 0.1) is 0 Å². The van der Waals surface area contributed by atoms with Gasteiger partial charge in [-0.05, 0) is 37.0 Å². The summed E-state index contributed by atoms with van der Waals surface area (Å²) in [5.74, 6) is -0.355. The molecule has 2 aromatic rings. The van der Waals surface area contributed by atoms with Gasteiger partial charge in [-0.25, -0.2) is 0 Å². The molecule has 1 aliphatic rings. The molecule has 3 nitrogen and oxygen atoms in total. The van der Waals surface area contributed by atoms with Crippen molar-refractivity contribution in [2.24, 2.45) is 0 Å². The minimum atomic E-state index is -0.178. The fourth-order valence-electron chi connectivity index (χ4n) is 2.78. The summed E-state index contributed by atoms with van der Waals surface area (Å²) in [6, 6.07) is 17.3. The highest BCUT2D eigenvalue weighted by Gasteiger charge is 2.34. The first kappa shape index (κ1) is 15.2. The van der Waals surface area contributed by atoms with Gasteiger partial charge in [0.1, 0.15) is 0 Å². The van der Waals surface area contributed by atoms with Crippen LogP contribution in [0.1, 0.15) is 39.1 Å². The molecule has 0 spiro atoms. The summed E-state index contributed by atoms with van der Waals surface area (Å²) in [6.07, 6.45) is 6.83. The van der Waals surface area contributed by atoms with E-state index in [0.717, 1.165) is 12.8 Å². The maximum Gasteiger partial charge on any atom is 0.261 e. The molecule has 0 bridgehead atoms. The number of fused-ring (bicyclic) bond motifs is 1. The maximum atomic E-state index is 12.2. The van der Waals surface area contributed by atoms with Crippen molar-refractivity contribution in [3.8, 4) is 0 Å². The Labute approximate surface area is 136 Å². The number of hydrogen-bond donors (Lipinski definition) is 0. The summed E-state index contributed by atoms with van der Waals surface area (Å²) in [5, 5.41) is 0. The second-order valence-electron chi connectivity index (χ2n) is 5.59. The molecule has 116 valence electrons. The van der Waals surface area contributed by atoms with Crippen LogP contribution in [0.25, 0.3) is 0 Å². The van der Waals surface area contributed by atoms with Crippen LogP contribution in [0.4, 0.5) is 0 Å². The molecule has 2 amide bonds. The zero-order chi connectivity index (χ0) is 16.1. The summed E-state index contributed by atoms with van der Waals surface area (Å²) >= 11 is 0. The Kier molecular flexibility index (Phi) is 4.67. The van der Waals surface area contributed by atoms with Crippen molar-refractivity contribution in [1.29, 1.82) is 0 Å². The van der Waals surface area contributed by atoms with E-state index in [-0.39, 0.29) is 11.8 Å². The van der Waals surface area contributed by atoms with Gasteiger partial charge in [0.05, 0.1) is 11.1 Å². The van der Waals surface area contributed by atoms with Crippen LogP contribution >= 0.6 is 0 Å². The van der Waals surface area contributed by atoms with Crippen molar-refractivity contribution >= 4 is 11.8 Å². The molecule has 23 heavy (non-hydrogen) atoms. The summed E-state index contributed by atoms with van der Waals surface area (Å²) < 4.78 is 0. The monoisotopic (exact) mass is 305 g/mol. The summed E-state index contributed by atoms with van der Waals surface area (Å²) in [5.41, 5.74) is 2.36. The average Bonchev–Trinajstić information content (AvgIpc) is 2.84. The topological polar surface area (TPSA) is 37.4 Å². The smallest absolute Gasteiger partial charge is 0.261 e. The lowest BCUT2D eigenvalue weighted by atomic mass is 10.1. The van der Waals surface area contributed by atoms with Crippen LogP contribution in [-0.4, -0.2) is 23.3 Å². The first-order valence-corrected chi connectivity index (χ1v) is 7.91. The van der Waals surface area contributed by atoms with Gasteiger partial charge >= 0.3 is 0 Å². The Bertz CT molecular complexity index is 699. The second-order valence-corrected chi connectivity index (χ2v) is 5.59. The fraction of sp³-hybridized carbons (Fsp3) is 0.200. The number of hydrogen-bond acceptors (Lipinski definition) is 2. The van der Waals surface area contributed by atoms with Gasteiger partial charge in [-0.1, -0.05) is 54.6 Å². The zero-order valence-electron chi connectivity index (χ0n) is 12.9. The molecule has 0 saturated heterocycles. The molecule has 3 rings (SSSR count). The number of rotatable bonds is 6. The third-order valence-electron chi connectivity index (χ3n) is 4.01.